The van der Waals surface area contributed by atoms with Gasteiger partial charge in [0.05, 0.1) is 6.54 Å². The third-order valence-electron chi connectivity index (χ3n) is 2.88. The van der Waals surface area contributed by atoms with Crippen molar-refractivity contribution in [2.24, 2.45) is 0 Å². The highest BCUT2D eigenvalue weighted by Crippen LogP contribution is 1.98. The molecule has 0 atom stereocenters. The number of terminal acetylenes is 2. The van der Waals surface area contributed by atoms with Crippen molar-refractivity contribution in [1.82, 2.24) is 10.6 Å². The average Bonchev–Trinajstić information content (AvgIpc) is 2.54. The minimum Gasteiger partial charge on any atom is -0.355 e. The van der Waals surface area contributed by atoms with E-state index in [-0.39, 0.29) is 62.0 Å². The predicted molar refractivity (Wildman–Crippen MR) is 86.0 cm³/mol. The van der Waals surface area contributed by atoms with Gasteiger partial charge in [-0.2, -0.15) is 0 Å². The van der Waals surface area contributed by atoms with E-state index < -0.39 is 0 Å². The summed E-state index contributed by atoms with van der Waals surface area (Å²) in [6, 6.07) is 0. The van der Waals surface area contributed by atoms with Gasteiger partial charge in [0, 0.05) is 51.5 Å². The van der Waals surface area contributed by atoms with Crippen LogP contribution in [0.25, 0.3) is 0 Å². The highest BCUT2D eigenvalue weighted by molar-refractivity contribution is 5.90. The van der Waals surface area contributed by atoms with E-state index in [0.717, 1.165) is 0 Å². The Balaban J connectivity index is 3.74. The van der Waals surface area contributed by atoms with Gasteiger partial charge in [0.15, 0.2) is 5.78 Å². The van der Waals surface area contributed by atoms with Gasteiger partial charge in [0.2, 0.25) is 11.8 Å². The summed E-state index contributed by atoms with van der Waals surface area (Å²) in [5.74, 6) is 3.80. The second kappa shape index (κ2) is 13.1. The molecule has 0 spiro atoms. The Morgan fingerprint density at radius 2 is 1.26 bits per heavy atom. The molecule has 0 unspecified atom stereocenters. The number of hydrogen-bond acceptors (Lipinski definition) is 4. The second-order valence-electron chi connectivity index (χ2n) is 4.86. The van der Waals surface area contributed by atoms with Crippen LogP contribution in [0.4, 0.5) is 0 Å². The molecule has 2 amide bonds. The maximum atomic E-state index is 11.5. The molecule has 2 N–H and O–H groups in total. The molecular formula is C17H22N2O4. The molecule has 6 heteroatoms. The highest BCUT2D eigenvalue weighted by atomic mass is 16.2. The number of carbonyl (C=O) groups excluding carboxylic acids is 4. The number of ketones is 2. The van der Waals surface area contributed by atoms with E-state index in [1.54, 1.807) is 0 Å². The van der Waals surface area contributed by atoms with Crippen molar-refractivity contribution in [3.8, 4) is 24.7 Å². The SMILES string of the molecule is C#CCCNC(=O)CCC(=O)CNC(=O)CCC(=O)CCC#C. The lowest BCUT2D eigenvalue weighted by molar-refractivity contribution is -0.128. The van der Waals surface area contributed by atoms with Gasteiger partial charge in [0.25, 0.3) is 0 Å². The normalized spacial score (nSPS) is 9.30. The molecule has 0 rings (SSSR count). The van der Waals surface area contributed by atoms with Gasteiger partial charge in [-0.1, -0.05) is 0 Å². The van der Waals surface area contributed by atoms with Crippen molar-refractivity contribution < 1.29 is 19.2 Å². The third kappa shape index (κ3) is 12.8. The standard InChI is InChI=1S/C17H22N2O4/c1-3-5-7-14(20)8-10-17(23)19-13-15(21)9-11-16(22)18-12-6-4-2/h1-2H,5-13H2,(H,18,22)(H,19,23). The summed E-state index contributed by atoms with van der Waals surface area (Å²) in [7, 11) is 0. The molecule has 0 saturated heterocycles. The van der Waals surface area contributed by atoms with Gasteiger partial charge in [-0.05, 0) is 0 Å². The fourth-order valence-corrected chi connectivity index (χ4v) is 1.58. The summed E-state index contributed by atoms with van der Waals surface area (Å²) in [5.41, 5.74) is 0. The first-order valence-electron chi connectivity index (χ1n) is 7.43. The van der Waals surface area contributed by atoms with Crippen LogP contribution in [-0.2, 0) is 19.2 Å². The molecule has 0 aliphatic heterocycles. The molecule has 124 valence electrons. The van der Waals surface area contributed by atoms with Crippen LogP contribution in [0.1, 0.15) is 44.9 Å². The van der Waals surface area contributed by atoms with Crippen molar-refractivity contribution in [3.63, 3.8) is 0 Å². The van der Waals surface area contributed by atoms with Gasteiger partial charge < -0.3 is 10.6 Å². The lowest BCUT2D eigenvalue weighted by Crippen LogP contribution is -2.31. The number of carbonyl (C=O) groups is 4. The molecule has 0 radical (unpaired) electrons. The first-order valence-corrected chi connectivity index (χ1v) is 7.43. The molecule has 0 fully saturated rings. The Bertz CT molecular complexity index is 512. The fourth-order valence-electron chi connectivity index (χ4n) is 1.58. The van der Waals surface area contributed by atoms with Gasteiger partial charge in [0.1, 0.15) is 5.78 Å². The van der Waals surface area contributed by atoms with E-state index in [1.165, 1.54) is 0 Å². The topological polar surface area (TPSA) is 92.3 Å². The second-order valence-corrected chi connectivity index (χ2v) is 4.86. The zero-order chi connectivity index (χ0) is 17.5. The Morgan fingerprint density at radius 1 is 0.696 bits per heavy atom. The minimum absolute atomic E-state index is 0.0310. The molecule has 0 aromatic rings. The predicted octanol–water partition coefficient (Wildman–Crippen LogP) is 0.354. The maximum absolute atomic E-state index is 11.5. The first kappa shape index (κ1) is 20.4. The third-order valence-corrected chi connectivity index (χ3v) is 2.88. The molecule has 0 saturated carbocycles. The van der Waals surface area contributed by atoms with Gasteiger partial charge in [-0.25, -0.2) is 0 Å². The van der Waals surface area contributed by atoms with Crippen molar-refractivity contribution in [2.75, 3.05) is 13.1 Å². The molecule has 0 heterocycles. The van der Waals surface area contributed by atoms with Crippen molar-refractivity contribution in [3.05, 3.63) is 0 Å². The molecule has 23 heavy (non-hydrogen) atoms. The minimum atomic E-state index is -0.370. The van der Waals surface area contributed by atoms with E-state index in [0.29, 0.717) is 19.4 Å². The van der Waals surface area contributed by atoms with Gasteiger partial charge in [-0.15, -0.1) is 24.7 Å². The van der Waals surface area contributed by atoms with E-state index in [4.69, 9.17) is 12.8 Å². The molecule has 0 bridgehead atoms. The first-order chi connectivity index (χ1) is 11.0. The van der Waals surface area contributed by atoms with Gasteiger partial charge >= 0.3 is 0 Å². The van der Waals surface area contributed by atoms with Crippen LogP contribution in [0.5, 0.6) is 0 Å². The molecule has 0 aromatic carbocycles. The van der Waals surface area contributed by atoms with Crippen LogP contribution in [-0.4, -0.2) is 36.5 Å². The molecule has 0 aliphatic rings. The Kier molecular flexibility index (Phi) is 11.6. The van der Waals surface area contributed by atoms with Crippen LogP contribution in [0.15, 0.2) is 0 Å². The van der Waals surface area contributed by atoms with Crippen molar-refractivity contribution >= 4 is 23.4 Å². The molecule has 6 nitrogen and oxygen atoms in total. The molecular weight excluding hydrogens is 296 g/mol. The molecule has 0 aliphatic carbocycles. The summed E-state index contributed by atoms with van der Waals surface area (Å²) >= 11 is 0. The smallest absolute Gasteiger partial charge is 0.220 e. The van der Waals surface area contributed by atoms with Crippen LogP contribution in [0, 0.1) is 24.7 Å². The maximum Gasteiger partial charge on any atom is 0.220 e. The summed E-state index contributed by atoms with van der Waals surface area (Å²) in [5, 5.41) is 5.01. The summed E-state index contributed by atoms with van der Waals surface area (Å²) in [6.45, 7) is 0.239. The van der Waals surface area contributed by atoms with Crippen molar-refractivity contribution in [1.29, 1.82) is 0 Å². The zero-order valence-corrected chi connectivity index (χ0v) is 13.2. The fraction of sp³-hybridized carbons (Fsp3) is 0.529. The zero-order valence-electron chi connectivity index (χ0n) is 13.2. The monoisotopic (exact) mass is 318 g/mol. The largest absolute Gasteiger partial charge is 0.355 e. The Hall–Kier alpha value is -2.60. The van der Waals surface area contributed by atoms with Crippen LogP contribution < -0.4 is 10.6 Å². The Labute approximate surface area is 136 Å². The summed E-state index contributed by atoms with van der Waals surface area (Å²) < 4.78 is 0. The Morgan fingerprint density at radius 3 is 1.87 bits per heavy atom. The number of nitrogens with one attached hydrogen (secondary N) is 2. The van der Waals surface area contributed by atoms with Crippen molar-refractivity contribution in [2.45, 2.75) is 44.9 Å². The van der Waals surface area contributed by atoms with E-state index >= 15 is 0 Å². The molecule has 0 aromatic heterocycles. The van der Waals surface area contributed by atoms with Gasteiger partial charge in [-0.3, -0.25) is 19.2 Å². The number of amides is 2. The summed E-state index contributed by atoms with van der Waals surface area (Å²) in [6.07, 6.45) is 11.4. The van der Waals surface area contributed by atoms with E-state index in [1.807, 2.05) is 0 Å². The number of rotatable bonds is 12. The average molecular weight is 318 g/mol. The van der Waals surface area contributed by atoms with Crippen LogP contribution >= 0.6 is 0 Å². The highest BCUT2D eigenvalue weighted by Gasteiger charge is 2.10. The number of hydrogen-bond donors (Lipinski definition) is 2. The van der Waals surface area contributed by atoms with E-state index in [2.05, 4.69) is 22.5 Å². The van der Waals surface area contributed by atoms with E-state index in [9.17, 15) is 19.2 Å². The quantitative estimate of drug-likeness (QED) is 0.401. The number of Topliss-reactive ketones (excluding diaryl/α,β-unsaturated/α-hetero) is 2. The lowest BCUT2D eigenvalue weighted by Gasteiger charge is -2.05. The summed E-state index contributed by atoms with van der Waals surface area (Å²) in [4.78, 5) is 45.7. The lowest BCUT2D eigenvalue weighted by atomic mass is 10.1. The van der Waals surface area contributed by atoms with Crippen LogP contribution in [0.3, 0.4) is 0 Å². The van der Waals surface area contributed by atoms with Crippen LogP contribution in [0.2, 0.25) is 0 Å².